The second-order valence-electron chi connectivity index (χ2n) is 3.39. The summed E-state index contributed by atoms with van der Waals surface area (Å²) in [5, 5.41) is 11.6. The van der Waals surface area contributed by atoms with Gasteiger partial charge in [-0.15, -0.1) is 11.3 Å². The zero-order chi connectivity index (χ0) is 12.5. The van der Waals surface area contributed by atoms with E-state index in [0.29, 0.717) is 4.88 Å². The van der Waals surface area contributed by atoms with Crippen LogP contribution in [0.25, 0.3) is 0 Å². The first-order valence-corrected chi connectivity index (χ1v) is 5.61. The summed E-state index contributed by atoms with van der Waals surface area (Å²) < 4.78 is 36.9. The van der Waals surface area contributed by atoms with Gasteiger partial charge in [0.15, 0.2) is 0 Å². The van der Waals surface area contributed by atoms with Gasteiger partial charge in [0, 0.05) is 11.1 Å². The van der Waals surface area contributed by atoms with Gasteiger partial charge in [0.25, 0.3) is 0 Å². The van der Waals surface area contributed by atoms with Crippen LogP contribution in [-0.4, -0.2) is 10.1 Å². The summed E-state index contributed by atoms with van der Waals surface area (Å²) in [6, 6.07) is 5.56. The molecule has 0 saturated carbocycles. The Hall–Kier alpha value is -1.40. The summed E-state index contributed by atoms with van der Waals surface area (Å²) >= 11 is 1.32. The predicted molar refractivity (Wildman–Crippen MR) is 57.6 cm³/mol. The highest BCUT2D eigenvalue weighted by atomic mass is 32.1. The van der Waals surface area contributed by atoms with E-state index in [-0.39, 0.29) is 5.69 Å². The van der Waals surface area contributed by atoms with Crippen molar-refractivity contribution < 1.29 is 18.3 Å². The fourth-order valence-corrected chi connectivity index (χ4v) is 2.05. The van der Waals surface area contributed by atoms with Crippen LogP contribution in [0.5, 0.6) is 0 Å². The van der Waals surface area contributed by atoms with Crippen LogP contribution in [0.4, 0.5) is 13.2 Å². The standard InChI is InChI=1S/C11H8F3NOS/c12-11(13,14)7-3-4-8(15-6-7)10(16)9-2-1-5-17-9/h1-6,10,16H. The van der Waals surface area contributed by atoms with Crippen LogP contribution >= 0.6 is 11.3 Å². The number of alkyl halides is 3. The smallest absolute Gasteiger partial charge is 0.381 e. The molecule has 2 nitrogen and oxygen atoms in total. The van der Waals surface area contributed by atoms with Gasteiger partial charge in [-0.25, -0.2) is 0 Å². The molecular formula is C11H8F3NOS. The first kappa shape index (κ1) is 12.1. The molecule has 2 rings (SSSR count). The summed E-state index contributed by atoms with van der Waals surface area (Å²) in [6.07, 6.45) is -4.65. The maximum absolute atomic E-state index is 12.3. The molecule has 90 valence electrons. The second-order valence-corrected chi connectivity index (χ2v) is 4.37. The van der Waals surface area contributed by atoms with E-state index in [9.17, 15) is 18.3 Å². The number of aliphatic hydroxyl groups excluding tert-OH is 1. The lowest BCUT2D eigenvalue weighted by Crippen LogP contribution is -2.07. The third kappa shape index (κ3) is 2.65. The first-order chi connectivity index (χ1) is 7.98. The zero-order valence-electron chi connectivity index (χ0n) is 8.48. The van der Waals surface area contributed by atoms with Gasteiger partial charge in [-0.1, -0.05) is 6.07 Å². The Morgan fingerprint density at radius 1 is 1.24 bits per heavy atom. The first-order valence-electron chi connectivity index (χ1n) is 4.73. The van der Waals surface area contributed by atoms with Crippen molar-refractivity contribution in [3.05, 3.63) is 52.0 Å². The molecule has 2 heterocycles. The Morgan fingerprint density at radius 3 is 2.47 bits per heavy atom. The number of nitrogens with zero attached hydrogens (tertiary/aromatic N) is 1. The highest BCUT2D eigenvalue weighted by Crippen LogP contribution is 2.30. The Morgan fingerprint density at radius 2 is 2.00 bits per heavy atom. The number of rotatable bonds is 2. The van der Waals surface area contributed by atoms with Gasteiger partial charge >= 0.3 is 6.18 Å². The molecule has 2 aromatic heterocycles. The van der Waals surface area contributed by atoms with E-state index in [2.05, 4.69) is 4.98 Å². The Bertz CT molecular complexity index is 478. The fraction of sp³-hybridized carbons (Fsp3) is 0.182. The third-order valence-corrected chi connectivity index (χ3v) is 3.13. The molecule has 0 saturated heterocycles. The monoisotopic (exact) mass is 259 g/mol. The van der Waals surface area contributed by atoms with E-state index >= 15 is 0 Å². The van der Waals surface area contributed by atoms with Crippen molar-refractivity contribution in [3.63, 3.8) is 0 Å². The third-order valence-electron chi connectivity index (χ3n) is 2.21. The van der Waals surface area contributed by atoms with Crippen LogP contribution < -0.4 is 0 Å². The Kier molecular flexibility index (Phi) is 3.17. The number of hydrogen-bond donors (Lipinski definition) is 1. The predicted octanol–water partition coefficient (Wildman–Crippen LogP) is 3.24. The van der Waals surface area contributed by atoms with Crippen molar-refractivity contribution in [2.45, 2.75) is 12.3 Å². The molecule has 0 aliphatic heterocycles. The van der Waals surface area contributed by atoms with Crippen molar-refractivity contribution in [2.24, 2.45) is 0 Å². The Balaban J connectivity index is 2.24. The molecule has 1 N–H and O–H groups in total. The van der Waals surface area contributed by atoms with Gasteiger partial charge in [0.05, 0.1) is 11.3 Å². The van der Waals surface area contributed by atoms with Gasteiger partial charge < -0.3 is 5.11 Å². The van der Waals surface area contributed by atoms with Gasteiger partial charge in [-0.2, -0.15) is 13.2 Å². The van der Waals surface area contributed by atoms with E-state index in [1.54, 1.807) is 17.5 Å². The summed E-state index contributed by atoms with van der Waals surface area (Å²) in [6.45, 7) is 0. The van der Waals surface area contributed by atoms with Crippen LogP contribution in [-0.2, 0) is 6.18 Å². The number of halogens is 3. The molecule has 17 heavy (non-hydrogen) atoms. The van der Waals surface area contributed by atoms with E-state index in [4.69, 9.17) is 0 Å². The molecule has 6 heteroatoms. The quantitative estimate of drug-likeness (QED) is 0.898. The van der Waals surface area contributed by atoms with Gasteiger partial charge in [0.2, 0.25) is 0 Å². The molecular weight excluding hydrogens is 251 g/mol. The molecule has 0 aliphatic rings. The van der Waals surface area contributed by atoms with Crippen LogP contribution in [0, 0.1) is 0 Å². The lowest BCUT2D eigenvalue weighted by atomic mass is 10.1. The maximum atomic E-state index is 12.3. The van der Waals surface area contributed by atoms with E-state index < -0.39 is 17.8 Å². The molecule has 0 bridgehead atoms. The molecule has 0 amide bonds. The summed E-state index contributed by atoms with van der Waals surface area (Å²) in [7, 11) is 0. The van der Waals surface area contributed by atoms with E-state index in [0.717, 1.165) is 12.3 Å². The van der Waals surface area contributed by atoms with Crippen molar-refractivity contribution in [1.29, 1.82) is 0 Å². The van der Waals surface area contributed by atoms with Crippen LogP contribution in [0.15, 0.2) is 35.8 Å². The lowest BCUT2D eigenvalue weighted by molar-refractivity contribution is -0.137. The van der Waals surface area contributed by atoms with Gasteiger partial charge in [0.1, 0.15) is 6.10 Å². The number of aromatic nitrogens is 1. The number of pyridine rings is 1. The highest BCUT2D eigenvalue weighted by Gasteiger charge is 2.31. The average Bonchev–Trinajstić information content (AvgIpc) is 2.80. The Labute approximate surface area is 99.4 Å². The van der Waals surface area contributed by atoms with Gasteiger partial charge in [-0.05, 0) is 23.6 Å². The minimum Gasteiger partial charge on any atom is -0.381 e. The van der Waals surface area contributed by atoms with Crippen molar-refractivity contribution in [3.8, 4) is 0 Å². The largest absolute Gasteiger partial charge is 0.417 e. The van der Waals surface area contributed by atoms with E-state index in [1.807, 2.05) is 0 Å². The summed E-state index contributed by atoms with van der Waals surface area (Å²) in [5.41, 5.74) is -0.611. The maximum Gasteiger partial charge on any atom is 0.417 e. The molecule has 1 unspecified atom stereocenters. The lowest BCUT2D eigenvalue weighted by Gasteiger charge is -2.10. The van der Waals surface area contributed by atoms with Crippen molar-refractivity contribution >= 4 is 11.3 Å². The number of hydrogen-bond acceptors (Lipinski definition) is 3. The topological polar surface area (TPSA) is 33.1 Å². The minimum atomic E-state index is -4.40. The van der Waals surface area contributed by atoms with E-state index in [1.165, 1.54) is 17.4 Å². The van der Waals surface area contributed by atoms with Gasteiger partial charge in [-0.3, -0.25) is 4.98 Å². The fourth-order valence-electron chi connectivity index (χ4n) is 1.33. The van der Waals surface area contributed by atoms with Crippen molar-refractivity contribution in [1.82, 2.24) is 4.98 Å². The van der Waals surface area contributed by atoms with Crippen molar-refractivity contribution in [2.75, 3.05) is 0 Å². The zero-order valence-corrected chi connectivity index (χ0v) is 9.29. The molecule has 1 atom stereocenters. The summed E-state index contributed by atoms with van der Waals surface area (Å²) in [4.78, 5) is 4.29. The van der Waals surface area contributed by atoms with Crippen LogP contribution in [0.1, 0.15) is 22.2 Å². The molecule has 0 fully saturated rings. The highest BCUT2D eigenvalue weighted by molar-refractivity contribution is 7.10. The second kappa shape index (κ2) is 4.46. The normalized spacial score (nSPS) is 13.6. The molecule has 0 spiro atoms. The summed E-state index contributed by atoms with van der Waals surface area (Å²) in [5.74, 6) is 0. The number of aliphatic hydroxyl groups is 1. The SMILES string of the molecule is OC(c1ccc(C(F)(F)F)cn1)c1cccs1. The molecule has 2 aromatic rings. The molecule has 0 radical (unpaired) electrons. The van der Waals surface area contributed by atoms with Crippen LogP contribution in [0.2, 0.25) is 0 Å². The van der Waals surface area contributed by atoms with Crippen LogP contribution in [0.3, 0.4) is 0 Å². The molecule has 0 aliphatic carbocycles. The number of thiophene rings is 1. The minimum absolute atomic E-state index is 0.209. The molecule has 0 aromatic carbocycles. The average molecular weight is 259 g/mol.